The van der Waals surface area contributed by atoms with Crippen molar-refractivity contribution in [2.75, 3.05) is 71.3 Å². The summed E-state index contributed by atoms with van der Waals surface area (Å²) >= 11 is 0. The smallest absolute Gasteiger partial charge is 0.0671 e. The summed E-state index contributed by atoms with van der Waals surface area (Å²) in [6, 6.07) is 0. The molecule has 0 aromatic rings. The standard InChI is InChI=1S/C31H56O4P2/c1-27(2)23-32-16-14-31(15-17-33-24-28(3)4)13-11-9-10-12-20-36(21-18-34-25-29(5)6)37(31)22-19-35-26-30(7)8/h1,3,5,7,9-26H2,2,4,6,8H3. The minimum Gasteiger partial charge on any atom is -0.377 e. The number of hydrogen-bond donors (Lipinski definition) is 0. The van der Waals surface area contributed by atoms with Gasteiger partial charge in [-0.15, -0.1) is 0 Å². The average molecular weight is 555 g/mol. The fraction of sp³-hybridized carbons (Fsp3) is 0.742. The zero-order valence-electron chi connectivity index (χ0n) is 24.6. The lowest BCUT2D eigenvalue weighted by Gasteiger charge is -2.46. The predicted octanol–water partition coefficient (Wildman–Crippen LogP) is 8.72. The molecule has 4 nitrogen and oxygen atoms in total. The Morgan fingerprint density at radius 1 is 0.595 bits per heavy atom. The Kier molecular flexibility index (Phi) is 19.3. The minimum absolute atomic E-state index is 0.152. The van der Waals surface area contributed by atoms with Gasteiger partial charge in [-0.2, -0.15) is 0 Å². The molecule has 1 heterocycles. The van der Waals surface area contributed by atoms with Gasteiger partial charge in [0.25, 0.3) is 0 Å². The van der Waals surface area contributed by atoms with Gasteiger partial charge in [0.05, 0.1) is 39.6 Å². The third kappa shape index (κ3) is 16.4. The molecule has 0 saturated carbocycles. The van der Waals surface area contributed by atoms with E-state index in [1.165, 1.54) is 44.4 Å². The van der Waals surface area contributed by atoms with Crippen molar-refractivity contribution in [1.29, 1.82) is 0 Å². The first-order valence-corrected chi connectivity index (χ1v) is 18.0. The first kappa shape index (κ1) is 34.7. The highest BCUT2D eigenvalue weighted by molar-refractivity contribution is 8.30. The van der Waals surface area contributed by atoms with Crippen molar-refractivity contribution in [3.8, 4) is 0 Å². The molecule has 0 aromatic heterocycles. The summed E-state index contributed by atoms with van der Waals surface area (Å²) in [6.45, 7) is 30.1. The Morgan fingerprint density at radius 2 is 1.03 bits per heavy atom. The highest BCUT2D eigenvalue weighted by Gasteiger charge is 2.41. The number of ether oxygens (including phenoxy) is 4. The van der Waals surface area contributed by atoms with Gasteiger partial charge in [0.15, 0.2) is 0 Å². The van der Waals surface area contributed by atoms with Crippen LogP contribution in [0.4, 0.5) is 0 Å². The maximum atomic E-state index is 6.12. The molecular weight excluding hydrogens is 498 g/mol. The Labute approximate surface area is 231 Å². The maximum Gasteiger partial charge on any atom is 0.0671 e. The van der Waals surface area contributed by atoms with E-state index in [1.807, 2.05) is 27.7 Å². The van der Waals surface area contributed by atoms with Crippen LogP contribution in [-0.2, 0) is 18.9 Å². The summed E-state index contributed by atoms with van der Waals surface area (Å²) < 4.78 is 24.4. The molecule has 214 valence electrons. The first-order chi connectivity index (χ1) is 17.7. The molecule has 1 aliphatic heterocycles. The van der Waals surface area contributed by atoms with E-state index in [-0.39, 0.29) is 20.4 Å². The second-order valence-electron chi connectivity index (χ2n) is 11.0. The molecule has 1 fully saturated rings. The van der Waals surface area contributed by atoms with Gasteiger partial charge in [-0.1, -0.05) is 83.1 Å². The number of hydrogen-bond acceptors (Lipinski definition) is 4. The zero-order chi connectivity index (χ0) is 27.5. The molecule has 0 aromatic carbocycles. The van der Waals surface area contributed by atoms with Crippen molar-refractivity contribution in [2.24, 2.45) is 0 Å². The average Bonchev–Trinajstić information content (AvgIpc) is 2.89. The monoisotopic (exact) mass is 554 g/mol. The molecule has 6 heteroatoms. The van der Waals surface area contributed by atoms with Crippen LogP contribution in [0.2, 0.25) is 0 Å². The molecule has 0 aliphatic carbocycles. The van der Waals surface area contributed by atoms with Crippen LogP contribution in [0.25, 0.3) is 0 Å². The molecule has 2 unspecified atom stereocenters. The van der Waals surface area contributed by atoms with E-state index < -0.39 is 0 Å². The zero-order valence-corrected chi connectivity index (χ0v) is 26.4. The van der Waals surface area contributed by atoms with Crippen LogP contribution in [0, 0.1) is 0 Å². The lowest BCUT2D eigenvalue weighted by molar-refractivity contribution is 0.118. The summed E-state index contributed by atoms with van der Waals surface area (Å²) in [5.74, 6) is 0. The fourth-order valence-corrected chi connectivity index (χ4v) is 15.0. The van der Waals surface area contributed by atoms with E-state index in [1.54, 1.807) is 0 Å². The highest BCUT2D eigenvalue weighted by atomic mass is 32.1. The predicted molar refractivity (Wildman–Crippen MR) is 166 cm³/mol. The normalized spacial score (nSPS) is 20.0. The van der Waals surface area contributed by atoms with Gasteiger partial charge in [0.1, 0.15) is 0 Å². The topological polar surface area (TPSA) is 36.9 Å². The van der Waals surface area contributed by atoms with Crippen LogP contribution in [0.3, 0.4) is 0 Å². The summed E-state index contributed by atoms with van der Waals surface area (Å²) in [6.07, 6.45) is 12.4. The maximum absolute atomic E-state index is 6.12. The van der Waals surface area contributed by atoms with Crippen LogP contribution in [0.5, 0.6) is 0 Å². The summed E-state index contributed by atoms with van der Waals surface area (Å²) in [7, 11) is -0.419. The third-order valence-corrected chi connectivity index (χ3v) is 16.2. The van der Waals surface area contributed by atoms with E-state index in [4.69, 9.17) is 18.9 Å². The second kappa shape index (κ2) is 20.5. The minimum atomic E-state index is -0.267. The van der Waals surface area contributed by atoms with Crippen LogP contribution in [-0.4, -0.2) is 76.5 Å². The largest absolute Gasteiger partial charge is 0.377 e. The lowest BCUT2D eigenvalue weighted by atomic mass is 9.93. The van der Waals surface area contributed by atoms with E-state index >= 15 is 0 Å². The van der Waals surface area contributed by atoms with Crippen molar-refractivity contribution < 1.29 is 18.9 Å². The van der Waals surface area contributed by atoms with Gasteiger partial charge in [0.2, 0.25) is 0 Å². The van der Waals surface area contributed by atoms with E-state index in [2.05, 4.69) is 26.3 Å². The summed E-state index contributed by atoms with van der Waals surface area (Å²) in [5, 5.41) is 0.246. The lowest BCUT2D eigenvalue weighted by Crippen LogP contribution is -2.32. The van der Waals surface area contributed by atoms with Crippen LogP contribution >= 0.6 is 15.2 Å². The quantitative estimate of drug-likeness (QED) is 0.0857. The van der Waals surface area contributed by atoms with Gasteiger partial charge in [-0.25, -0.2) is 0 Å². The van der Waals surface area contributed by atoms with Gasteiger partial charge in [-0.3, -0.25) is 0 Å². The van der Waals surface area contributed by atoms with Crippen molar-refractivity contribution in [3.05, 3.63) is 48.6 Å². The van der Waals surface area contributed by atoms with Gasteiger partial charge >= 0.3 is 0 Å². The molecule has 0 bridgehead atoms. The molecule has 1 saturated heterocycles. The van der Waals surface area contributed by atoms with E-state index in [9.17, 15) is 0 Å². The van der Waals surface area contributed by atoms with Crippen molar-refractivity contribution in [2.45, 2.75) is 77.8 Å². The van der Waals surface area contributed by atoms with E-state index in [0.717, 1.165) is 67.7 Å². The van der Waals surface area contributed by atoms with Crippen LogP contribution < -0.4 is 0 Å². The van der Waals surface area contributed by atoms with Crippen LogP contribution in [0.15, 0.2) is 48.6 Å². The van der Waals surface area contributed by atoms with Gasteiger partial charge in [-0.05, 0) is 77.0 Å². The van der Waals surface area contributed by atoms with Crippen molar-refractivity contribution >= 4 is 15.2 Å². The molecule has 0 N–H and O–H groups in total. The molecule has 1 rings (SSSR count). The molecule has 2 atom stereocenters. The molecule has 37 heavy (non-hydrogen) atoms. The highest BCUT2D eigenvalue weighted by Crippen LogP contribution is 2.78. The SMILES string of the molecule is C=C(C)COCCP1CCCCCCC(CCOCC(=C)C)(CCOCC(=C)C)P1CCOCC(=C)C. The molecule has 0 spiro atoms. The molecule has 0 radical (unpaired) electrons. The molecule has 1 aliphatic rings. The Hall–Kier alpha value is -0.340. The second-order valence-corrected chi connectivity index (χ2v) is 18.3. The Bertz CT molecular complexity index is 669. The Balaban J connectivity index is 3.20. The fourth-order valence-electron chi connectivity index (χ4n) is 4.73. The van der Waals surface area contributed by atoms with Crippen molar-refractivity contribution in [3.63, 3.8) is 0 Å². The first-order valence-electron chi connectivity index (χ1n) is 14.1. The van der Waals surface area contributed by atoms with Crippen molar-refractivity contribution in [1.82, 2.24) is 0 Å². The summed E-state index contributed by atoms with van der Waals surface area (Å²) in [4.78, 5) is 0. The molecule has 0 amide bonds. The Morgan fingerprint density at radius 3 is 1.51 bits per heavy atom. The van der Waals surface area contributed by atoms with Gasteiger partial charge < -0.3 is 18.9 Å². The van der Waals surface area contributed by atoms with Crippen LogP contribution in [0.1, 0.15) is 72.6 Å². The molecular formula is C31H56O4P2. The summed E-state index contributed by atoms with van der Waals surface area (Å²) in [5.41, 5.74) is 4.35. The van der Waals surface area contributed by atoms with E-state index in [0.29, 0.717) is 26.4 Å². The van der Waals surface area contributed by atoms with Gasteiger partial charge in [0, 0.05) is 13.2 Å². The third-order valence-electron chi connectivity index (χ3n) is 6.46. The number of rotatable bonds is 20.